The third-order valence-electron chi connectivity index (χ3n) is 5.18. The number of primary amides is 1. The Kier molecular flexibility index (Phi) is 11.0. The van der Waals surface area contributed by atoms with Gasteiger partial charge in [0.2, 0.25) is 23.6 Å². The summed E-state index contributed by atoms with van der Waals surface area (Å²) < 4.78 is 0. The number of aliphatic carboxylic acids is 1. The van der Waals surface area contributed by atoms with E-state index in [1.54, 1.807) is 6.92 Å². The van der Waals surface area contributed by atoms with Crippen LogP contribution in [0.4, 0.5) is 0 Å². The first-order valence-corrected chi connectivity index (χ1v) is 10.6. The van der Waals surface area contributed by atoms with Gasteiger partial charge in [-0.1, -0.05) is 20.3 Å². The van der Waals surface area contributed by atoms with Gasteiger partial charge in [-0.05, 0) is 19.3 Å². The molecule has 13 nitrogen and oxygen atoms in total. The highest BCUT2D eigenvalue weighted by Crippen LogP contribution is 2.10. The molecule has 1 heterocycles. The first kappa shape index (κ1) is 27.6. The summed E-state index contributed by atoms with van der Waals surface area (Å²) in [7, 11) is 0. The molecule has 1 rings (SSSR count). The summed E-state index contributed by atoms with van der Waals surface area (Å²) in [5.74, 6) is -4.12. The maximum absolute atomic E-state index is 12.9. The number of nitrogens with one attached hydrogen (secondary N) is 4. The average molecular weight is 468 g/mol. The lowest BCUT2D eigenvalue weighted by Crippen LogP contribution is -2.58. The molecule has 0 saturated heterocycles. The molecule has 0 aromatic carbocycles. The standard InChI is InChI=1S/C20H33N7O6/c1-4-10(2)16(19(31)26-14(20(32)33)7-12-8-23-9-24-12)27-17(29)11(3)25-18(30)13(21)5-6-15(22)28/h8-11,13-14,16H,4-7,21H2,1-3H3,(H2,22,28)(H,23,24)(H,25,30)(H,26,31)(H,27,29)(H,32,33). The van der Waals surface area contributed by atoms with Gasteiger partial charge in [0, 0.05) is 24.7 Å². The molecule has 0 aliphatic rings. The molecule has 184 valence electrons. The highest BCUT2D eigenvalue weighted by Gasteiger charge is 2.31. The maximum atomic E-state index is 12.9. The van der Waals surface area contributed by atoms with Crippen molar-refractivity contribution < 1.29 is 29.1 Å². The number of H-pyrrole nitrogens is 1. The van der Waals surface area contributed by atoms with Crippen molar-refractivity contribution in [3.63, 3.8) is 0 Å². The Bertz CT molecular complexity index is 829. The van der Waals surface area contributed by atoms with Crippen LogP contribution in [0.25, 0.3) is 0 Å². The zero-order chi connectivity index (χ0) is 25.1. The Labute approximate surface area is 191 Å². The summed E-state index contributed by atoms with van der Waals surface area (Å²) in [6.45, 7) is 4.97. The number of imidazole rings is 1. The summed E-state index contributed by atoms with van der Waals surface area (Å²) in [6.07, 6.45) is 3.31. The minimum Gasteiger partial charge on any atom is -0.480 e. The summed E-state index contributed by atoms with van der Waals surface area (Å²) in [4.78, 5) is 66.7. The predicted molar refractivity (Wildman–Crippen MR) is 117 cm³/mol. The molecular weight excluding hydrogens is 434 g/mol. The molecule has 0 aliphatic heterocycles. The number of rotatable bonds is 14. The van der Waals surface area contributed by atoms with Gasteiger partial charge in [0.25, 0.3) is 0 Å². The molecule has 9 N–H and O–H groups in total. The van der Waals surface area contributed by atoms with Crippen LogP contribution in [0.5, 0.6) is 0 Å². The van der Waals surface area contributed by atoms with E-state index in [-0.39, 0.29) is 25.2 Å². The van der Waals surface area contributed by atoms with Gasteiger partial charge in [0.15, 0.2) is 0 Å². The molecule has 0 radical (unpaired) electrons. The van der Waals surface area contributed by atoms with E-state index < -0.39 is 53.8 Å². The SMILES string of the molecule is CCC(C)C(NC(=O)C(C)NC(=O)C(N)CCC(N)=O)C(=O)NC(Cc1cnc[nH]1)C(=O)O. The van der Waals surface area contributed by atoms with E-state index in [1.807, 2.05) is 6.92 Å². The number of carbonyl (C=O) groups excluding carboxylic acids is 4. The minimum absolute atomic E-state index is 0.0160. The van der Waals surface area contributed by atoms with Crippen LogP contribution >= 0.6 is 0 Å². The highest BCUT2D eigenvalue weighted by molar-refractivity contribution is 5.94. The lowest BCUT2D eigenvalue weighted by Gasteiger charge is -2.27. The van der Waals surface area contributed by atoms with Crippen molar-refractivity contribution in [3.8, 4) is 0 Å². The van der Waals surface area contributed by atoms with E-state index >= 15 is 0 Å². The number of aromatic amines is 1. The van der Waals surface area contributed by atoms with E-state index in [4.69, 9.17) is 11.5 Å². The van der Waals surface area contributed by atoms with Crippen LogP contribution in [0.15, 0.2) is 12.5 Å². The van der Waals surface area contributed by atoms with Crippen molar-refractivity contribution >= 4 is 29.6 Å². The van der Waals surface area contributed by atoms with Gasteiger partial charge in [-0.25, -0.2) is 9.78 Å². The van der Waals surface area contributed by atoms with E-state index in [0.717, 1.165) is 0 Å². The van der Waals surface area contributed by atoms with Crippen LogP contribution in [-0.2, 0) is 30.4 Å². The normalized spacial score (nSPS) is 15.4. The molecule has 5 atom stereocenters. The monoisotopic (exact) mass is 467 g/mol. The van der Waals surface area contributed by atoms with E-state index in [9.17, 15) is 29.1 Å². The summed E-state index contributed by atoms with van der Waals surface area (Å²) in [5.41, 5.74) is 11.3. The topological polar surface area (TPSA) is 222 Å². The van der Waals surface area contributed by atoms with E-state index in [2.05, 4.69) is 25.9 Å². The van der Waals surface area contributed by atoms with Gasteiger partial charge in [-0.3, -0.25) is 19.2 Å². The van der Waals surface area contributed by atoms with Gasteiger partial charge < -0.3 is 37.5 Å². The Morgan fingerprint density at radius 2 is 1.76 bits per heavy atom. The molecule has 1 aromatic heterocycles. The molecule has 0 saturated carbocycles. The minimum atomic E-state index is -1.24. The molecule has 0 aliphatic carbocycles. The second-order valence-electron chi connectivity index (χ2n) is 7.89. The van der Waals surface area contributed by atoms with Gasteiger partial charge in [-0.15, -0.1) is 0 Å². The largest absolute Gasteiger partial charge is 0.480 e. The number of carboxylic acid groups (broad SMARTS) is 1. The van der Waals surface area contributed by atoms with E-state index in [1.165, 1.54) is 19.4 Å². The lowest BCUT2D eigenvalue weighted by molar-refractivity contribution is -0.142. The molecule has 0 fully saturated rings. The van der Waals surface area contributed by atoms with Crippen molar-refractivity contribution in [1.82, 2.24) is 25.9 Å². The summed E-state index contributed by atoms with van der Waals surface area (Å²) >= 11 is 0. The zero-order valence-corrected chi connectivity index (χ0v) is 19.0. The van der Waals surface area contributed by atoms with Crippen molar-refractivity contribution in [2.24, 2.45) is 17.4 Å². The Morgan fingerprint density at radius 3 is 2.27 bits per heavy atom. The number of amides is 4. The highest BCUT2D eigenvalue weighted by atomic mass is 16.4. The lowest BCUT2D eigenvalue weighted by atomic mass is 9.97. The van der Waals surface area contributed by atoms with Crippen LogP contribution in [0.2, 0.25) is 0 Å². The van der Waals surface area contributed by atoms with Crippen LogP contribution in [0.3, 0.4) is 0 Å². The Morgan fingerprint density at radius 1 is 1.09 bits per heavy atom. The van der Waals surface area contributed by atoms with E-state index in [0.29, 0.717) is 12.1 Å². The number of aromatic nitrogens is 2. The fourth-order valence-electron chi connectivity index (χ4n) is 2.87. The van der Waals surface area contributed by atoms with Gasteiger partial charge >= 0.3 is 5.97 Å². The third kappa shape index (κ3) is 9.27. The predicted octanol–water partition coefficient (Wildman–Crippen LogP) is -1.85. The molecule has 4 amide bonds. The van der Waals surface area contributed by atoms with Crippen molar-refractivity contribution in [2.45, 2.75) is 70.6 Å². The first-order valence-electron chi connectivity index (χ1n) is 10.6. The van der Waals surface area contributed by atoms with Crippen LogP contribution in [0, 0.1) is 5.92 Å². The summed E-state index contributed by atoms with van der Waals surface area (Å²) in [6, 6.07) is -4.33. The average Bonchev–Trinajstić information content (AvgIpc) is 3.27. The fourth-order valence-corrected chi connectivity index (χ4v) is 2.87. The molecular formula is C20H33N7O6. The number of hydrogen-bond donors (Lipinski definition) is 7. The molecule has 0 spiro atoms. The molecule has 0 bridgehead atoms. The van der Waals surface area contributed by atoms with Gasteiger partial charge in [0.1, 0.15) is 18.1 Å². The number of carbonyl (C=O) groups is 5. The van der Waals surface area contributed by atoms with Crippen molar-refractivity contribution in [1.29, 1.82) is 0 Å². The number of hydrogen-bond acceptors (Lipinski definition) is 7. The van der Waals surface area contributed by atoms with Crippen molar-refractivity contribution in [3.05, 3.63) is 18.2 Å². The Hall–Kier alpha value is -3.48. The smallest absolute Gasteiger partial charge is 0.326 e. The number of nitrogens with zero attached hydrogens (tertiary/aromatic N) is 1. The Balaban J connectivity index is 2.79. The second-order valence-corrected chi connectivity index (χ2v) is 7.89. The molecule has 33 heavy (non-hydrogen) atoms. The third-order valence-corrected chi connectivity index (χ3v) is 5.18. The summed E-state index contributed by atoms with van der Waals surface area (Å²) in [5, 5.41) is 16.9. The molecule has 1 aromatic rings. The zero-order valence-electron chi connectivity index (χ0n) is 19.0. The van der Waals surface area contributed by atoms with Crippen molar-refractivity contribution in [2.75, 3.05) is 0 Å². The van der Waals surface area contributed by atoms with Gasteiger partial charge in [0.05, 0.1) is 12.4 Å². The van der Waals surface area contributed by atoms with Crippen LogP contribution in [0.1, 0.15) is 45.7 Å². The maximum Gasteiger partial charge on any atom is 0.326 e. The molecule has 13 heteroatoms. The fraction of sp³-hybridized carbons (Fsp3) is 0.600. The number of nitrogens with two attached hydrogens (primary N) is 2. The second kappa shape index (κ2) is 13.2. The van der Waals surface area contributed by atoms with Crippen LogP contribution < -0.4 is 27.4 Å². The van der Waals surface area contributed by atoms with Crippen LogP contribution in [-0.4, -0.2) is 68.8 Å². The quantitative estimate of drug-likeness (QED) is 0.164. The molecule has 5 unspecified atom stereocenters. The number of carboxylic acids is 1. The van der Waals surface area contributed by atoms with Gasteiger partial charge in [-0.2, -0.15) is 0 Å². The first-order chi connectivity index (χ1) is 15.5.